The van der Waals surface area contributed by atoms with E-state index >= 15 is 0 Å². The maximum atomic E-state index is 12.3. The van der Waals surface area contributed by atoms with Gasteiger partial charge in [-0.3, -0.25) is 10.6 Å². The van der Waals surface area contributed by atoms with E-state index in [0.717, 1.165) is 18.0 Å². The van der Waals surface area contributed by atoms with Gasteiger partial charge in [-0.1, -0.05) is 31.4 Å². The molecule has 4 nitrogen and oxygen atoms in total. The average Bonchev–Trinajstić information content (AvgIpc) is 2.45. The molecular weight excluding hydrogens is 250 g/mol. The lowest BCUT2D eigenvalue weighted by molar-refractivity contribution is 0.0941. The second-order valence-corrected chi connectivity index (χ2v) is 6.04. The van der Waals surface area contributed by atoms with Crippen molar-refractivity contribution in [2.45, 2.75) is 39.5 Å². The number of nitrogens with two attached hydrogens (primary N) is 1. The minimum Gasteiger partial charge on any atom is -0.352 e. The fourth-order valence-corrected chi connectivity index (χ4v) is 3.05. The van der Waals surface area contributed by atoms with Crippen LogP contribution in [0.4, 0.5) is 5.69 Å². The highest BCUT2D eigenvalue weighted by atomic mass is 16.1. The van der Waals surface area contributed by atoms with Gasteiger partial charge in [-0.2, -0.15) is 0 Å². The first-order valence-corrected chi connectivity index (χ1v) is 7.45. The van der Waals surface area contributed by atoms with Crippen molar-refractivity contribution >= 4 is 11.6 Å². The Balaban J connectivity index is 1.96. The van der Waals surface area contributed by atoms with E-state index in [4.69, 9.17) is 5.84 Å². The number of hydrogen-bond acceptors (Lipinski definition) is 3. The summed E-state index contributed by atoms with van der Waals surface area (Å²) in [6.45, 7) is 5.03. The molecule has 1 aliphatic rings. The lowest BCUT2D eigenvalue weighted by atomic mass is 9.82. The van der Waals surface area contributed by atoms with Gasteiger partial charge in [-0.15, -0.1) is 0 Å². The summed E-state index contributed by atoms with van der Waals surface area (Å²) in [7, 11) is 0. The molecule has 2 rings (SSSR count). The van der Waals surface area contributed by atoms with Crippen LogP contribution in [-0.4, -0.2) is 12.5 Å². The van der Waals surface area contributed by atoms with Crippen molar-refractivity contribution in [1.29, 1.82) is 0 Å². The standard InChI is InChI=1S/C16H25N3O/c1-11-4-3-5-13(8-11)10-18-16(20)14-9-12(2)6-7-15(14)19-17/h6-7,9,11,13,19H,3-5,8,10,17H2,1-2H3,(H,18,20). The molecule has 2 atom stereocenters. The quantitative estimate of drug-likeness (QED) is 0.584. The average molecular weight is 275 g/mol. The van der Waals surface area contributed by atoms with E-state index in [0.29, 0.717) is 17.2 Å². The van der Waals surface area contributed by atoms with Gasteiger partial charge in [0.1, 0.15) is 0 Å². The molecule has 1 saturated carbocycles. The van der Waals surface area contributed by atoms with Gasteiger partial charge in [0.25, 0.3) is 5.91 Å². The van der Waals surface area contributed by atoms with Gasteiger partial charge in [-0.05, 0) is 43.7 Å². The molecule has 2 unspecified atom stereocenters. The largest absolute Gasteiger partial charge is 0.352 e. The molecule has 0 saturated heterocycles. The van der Waals surface area contributed by atoms with E-state index in [1.54, 1.807) is 0 Å². The van der Waals surface area contributed by atoms with Crippen molar-refractivity contribution < 1.29 is 4.79 Å². The number of nitrogen functional groups attached to an aromatic ring is 1. The molecule has 0 aromatic heterocycles. The zero-order chi connectivity index (χ0) is 14.5. The van der Waals surface area contributed by atoms with Gasteiger partial charge in [0.05, 0.1) is 11.3 Å². The van der Waals surface area contributed by atoms with Gasteiger partial charge < -0.3 is 10.7 Å². The minimum atomic E-state index is -0.0418. The van der Waals surface area contributed by atoms with Crippen LogP contribution < -0.4 is 16.6 Å². The third kappa shape index (κ3) is 3.73. The van der Waals surface area contributed by atoms with Crippen LogP contribution in [0, 0.1) is 18.8 Å². The lowest BCUT2D eigenvalue weighted by Crippen LogP contribution is -2.32. The van der Waals surface area contributed by atoms with Crippen LogP contribution in [-0.2, 0) is 0 Å². The Morgan fingerprint density at radius 1 is 1.40 bits per heavy atom. The van der Waals surface area contributed by atoms with E-state index in [1.165, 1.54) is 25.7 Å². The highest BCUT2D eigenvalue weighted by Crippen LogP contribution is 2.28. The molecule has 4 N–H and O–H groups in total. The van der Waals surface area contributed by atoms with Gasteiger partial charge in [0, 0.05) is 6.54 Å². The number of nitrogens with one attached hydrogen (secondary N) is 2. The molecule has 1 aromatic carbocycles. The first kappa shape index (κ1) is 14.9. The monoisotopic (exact) mass is 275 g/mol. The number of hydrazine groups is 1. The van der Waals surface area contributed by atoms with Crippen LogP contribution in [0.25, 0.3) is 0 Å². The Hall–Kier alpha value is -1.55. The van der Waals surface area contributed by atoms with Crippen LogP contribution >= 0.6 is 0 Å². The van der Waals surface area contributed by atoms with Crippen molar-refractivity contribution in [1.82, 2.24) is 5.32 Å². The molecule has 0 radical (unpaired) electrons. The maximum Gasteiger partial charge on any atom is 0.253 e. The van der Waals surface area contributed by atoms with Crippen LogP contribution in [0.2, 0.25) is 0 Å². The SMILES string of the molecule is Cc1ccc(NN)c(C(=O)NCC2CCCC(C)C2)c1. The summed E-state index contributed by atoms with van der Waals surface area (Å²) in [5.74, 6) is 6.82. The topological polar surface area (TPSA) is 67.1 Å². The summed E-state index contributed by atoms with van der Waals surface area (Å²) >= 11 is 0. The Labute approximate surface area is 121 Å². The van der Waals surface area contributed by atoms with Gasteiger partial charge >= 0.3 is 0 Å². The van der Waals surface area contributed by atoms with Crippen LogP contribution in [0.3, 0.4) is 0 Å². The zero-order valence-corrected chi connectivity index (χ0v) is 12.4. The normalized spacial score (nSPS) is 22.4. The second kappa shape index (κ2) is 6.75. The fraction of sp³-hybridized carbons (Fsp3) is 0.562. The van der Waals surface area contributed by atoms with Crippen molar-refractivity contribution in [3.8, 4) is 0 Å². The summed E-state index contributed by atoms with van der Waals surface area (Å²) in [5, 5.41) is 3.06. The minimum absolute atomic E-state index is 0.0418. The molecule has 0 heterocycles. The highest BCUT2D eigenvalue weighted by molar-refractivity contribution is 5.99. The smallest absolute Gasteiger partial charge is 0.253 e. The first-order chi connectivity index (χ1) is 9.60. The fourth-order valence-electron chi connectivity index (χ4n) is 3.05. The Bertz CT molecular complexity index is 473. The molecule has 0 aliphatic heterocycles. The van der Waals surface area contributed by atoms with E-state index in [1.807, 2.05) is 25.1 Å². The van der Waals surface area contributed by atoms with Crippen molar-refractivity contribution in [3.63, 3.8) is 0 Å². The zero-order valence-electron chi connectivity index (χ0n) is 12.4. The van der Waals surface area contributed by atoms with Gasteiger partial charge in [0.15, 0.2) is 0 Å². The van der Waals surface area contributed by atoms with Crippen molar-refractivity contribution in [2.75, 3.05) is 12.0 Å². The van der Waals surface area contributed by atoms with E-state index in [2.05, 4.69) is 17.7 Å². The maximum absolute atomic E-state index is 12.3. The molecule has 4 heteroatoms. The highest BCUT2D eigenvalue weighted by Gasteiger charge is 2.20. The van der Waals surface area contributed by atoms with Crippen LogP contribution in [0.5, 0.6) is 0 Å². The number of carbonyl (C=O) groups excluding carboxylic acids is 1. The predicted molar refractivity (Wildman–Crippen MR) is 82.4 cm³/mol. The lowest BCUT2D eigenvalue weighted by Gasteiger charge is -2.26. The number of carbonyl (C=O) groups is 1. The Morgan fingerprint density at radius 3 is 2.90 bits per heavy atom. The molecular formula is C16H25N3O. The molecule has 1 aliphatic carbocycles. The third-order valence-corrected chi connectivity index (χ3v) is 4.17. The van der Waals surface area contributed by atoms with Crippen molar-refractivity contribution in [3.05, 3.63) is 29.3 Å². The number of amides is 1. The van der Waals surface area contributed by atoms with E-state index < -0.39 is 0 Å². The molecule has 110 valence electrons. The second-order valence-electron chi connectivity index (χ2n) is 6.04. The summed E-state index contributed by atoms with van der Waals surface area (Å²) in [6, 6.07) is 5.65. The Kier molecular flexibility index (Phi) is 5.01. The summed E-state index contributed by atoms with van der Waals surface area (Å²) < 4.78 is 0. The predicted octanol–water partition coefficient (Wildman–Crippen LogP) is 2.84. The van der Waals surface area contributed by atoms with Crippen molar-refractivity contribution in [2.24, 2.45) is 17.7 Å². The summed E-state index contributed by atoms with van der Waals surface area (Å²) in [6.07, 6.45) is 5.04. The van der Waals surface area contributed by atoms with Gasteiger partial charge in [-0.25, -0.2) is 0 Å². The molecule has 1 fully saturated rings. The molecule has 1 amide bonds. The molecule has 0 bridgehead atoms. The number of anilines is 1. The first-order valence-electron chi connectivity index (χ1n) is 7.45. The van der Waals surface area contributed by atoms with Crippen LogP contribution in [0.1, 0.15) is 48.5 Å². The molecule has 20 heavy (non-hydrogen) atoms. The number of aryl methyl sites for hydroxylation is 1. The van der Waals surface area contributed by atoms with Gasteiger partial charge in [0.2, 0.25) is 0 Å². The summed E-state index contributed by atoms with van der Waals surface area (Å²) in [5.41, 5.74) is 4.94. The van der Waals surface area contributed by atoms with Crippen LogP contribution in [0.15, 0.2) is 18.2 Å². The number of benzene rings is 1. The molecule has 0 spiro atoms. The number of rotatable bonds is 4. The van der Waals surface area contributed by atoms with E-state index in [9.17, 15) is 4.79 Å². The Morgan fingerprint density at radius 2 is 2.20 bits per heavy atom. The summed E-state index contributed by atoms with van der Waals surface area (Å²) in [4.78, 5) is 12.3. The third-order valence-electron chi connectivity index (χ3n) is 4.17. The molecule has 1 aromatic rings. The number of hydrogen-bond donors (Lipinski definition) is 3. The van der Waals surface area contributed by atoms with E-state index in [-0.39, 0.29) is 5.91 Å².